The van der Waals surface area contributed by atoms with Crippen molar-refractivity contribution < 1.29 is 52.4 Å². The maximum absolute atomic E-state index is 12.7. The van der Waals surface area contributed by atoms with Gasteiger partial charge < -0.3 is 10.6 Å². The van der Waals surface area contributed by atoms with Gasteiger partial charge in [0.25, 0.3) is 32.1 Å². The van der Waals surface area contributed by atoms with E-state index in [2.05, 4.69) is 10.6 Å². The summed E-state index contributed by atoms with van der Waals surface area (Å²) in [7, 11) is -16.8. The SMILES string of the molecule is CS(=O)(=O)c1ccc(C(=O)Nc2ccc(C=Cc3ccc(NC(=O)c4ccc(S(C)(=O)=O)cc4)cc3S(=O)(=O)O)c(S(=O)(=O)O)c2)cc1. The summed E-state index contributed by atoms with van der Waals surface area (Å²) in [5.41, 5.74) is -0.263. The van der Waals surface area contributed by atoms with Gasteiger partial charge in [-0.1, -0.05) is 24.3 Å². The molecule has 0 aliphatic rings. The number of carbonyl (C=O) groups excluding carboxylic acids is 2. The van der Waals surface area contributed by atoms with Crippen molar-refractivity contribution in [2.75, 3.05) is 23.1 Å². The van der Waals surface area contributed by atoms with Crippen molar-refractivity contribution in [1.29, 1.82) is 0 Å². The monoisotopic (exact) mass is 734 g/mol. The third kappa shape index (κ3) is 9.00. The lowest BCUT2D eigenvalue weighted by atomic mass is 10.1. The number of hydrogen-bond acceptors (Lipinski definition) is 10. The minimum absolute atomic E-state index is 0.0146. The first-order chi connectivity index (χ1) is 22.1. The Morgan fingerprint density at radius 2 is 0.833 bits per heavy atom. The highest BCUT2D eigenvalue weighted by Gasteiger charge is 2.19. The van der Waals surface area contributed by atoms with Crippen LogP contribution in [0.15, 0.2) is 105 Å². The van der Waals surface area contributed by atoms with E-state index >= 15 is 0 Å². The Bertz CT molecular complexity index is 2230. The van der Waals surface area contributed by atoms with E-state index in [1.165, 1.54) is 72.8 Å². The van der Waals surface area contributed by atoms with Crippen molar-refractivity contribution in [3.05, 3.63) is 107 Å². The molecule has 0 bridgehead atoms. The van der Waals surface area contributed by atoms with E-state index in [-0.39, 0.29) is 43.4 Å². The highest BCUT2D eigenvalue weighted by Crippen LogP contribution is 2.27. The number of anilines is 2. The molecule has 0 atom stereocenters. The predicted octanol–water partition coefficient (Wildman–Crippen LogP) is 3.66. The quantitative estimate of drug-likeness (QED) is 0.135. The van der Waals surface area contributed by atoms with Crippen molar-refractivity contribution in [1.82, 2.24) is 0 Å². The van der Waals surface area contributed by atoms with Crippen LogP contribution in [0.4, 0.5) is 11.4 Å². The van der Waals surface area contributed by atoms with E-state index in [1.54, 1.807) is 0 Å². The van der Waals surface area contributed by atoms with Crippen LogP contribution < -0.4 is 10.6 Å². The summed E-state index contributed by atoms with van der Waals surface area (Å²) < 4.78 is 115. The molecule has 0 spiro atoms. The van der Waals surface area contributed by atoms with Gasteiger partial charge in [0.05, 0.1) is 9.79 Å². The maximum Gasteiger partial charge on any atom is 0.295 e. The molecule has 4 aromatic carbocycles. The number of carbonyl (C=O) groups is 2. The van der Waals surface area contributed by atoms with Crippen LogP contribution in [0.2, 0.25) is 0 Å². The van der Waals surface area contributed by atoms with Crippen molar-refractivity contribution in [2.45, 2.75) is 19.6 Å². The molecule has 0 heterocycles. The Morgan fingerprint density at radius 1 is 0.521 bits per heavy atom. The van der Waals surface area contributed by atoms with Crippen LogP contribution in [0.25, 0.3) is 12.2 Å². The van der Waals surface area contributed by atoms with Gasteiger partial charge in [0.2, 0.25) is 0 Å². The Labute approximate surface area is 276 Å². The van der Waals surface area contributed by atoms with Crippen LogP contribution in [0.1, 0.15) is 31.8 Å². The number of amides is 2. The van der Waals surface area contributed by atoms with Crippen LogP contribution >= 0.6 is 0 Å². The van der Waals surface area contributed by atoms with Gasteiger partial charge >= 0.3 is 0 Å². The summed E-state index contributed by atoms with van der Waals surface area (Å²) >= 11 is 0. The number of benzene rings is 4. The second-order valence-corrected chi connectivity index (χ2v) is 17.1. The van der Waals surface area contributed by atoms with Crippen LogP contribution in [0, 0.1) is 0 Å². The van der Waals surface area contributed by atoms with Gasteiger partial charge in [0.15, 0.2) is 19.7 Å². The molecule has 0 saturated carbocycles. The largest absolute Gasteiger partial charge is 0.322 e. The zero-order chi connectivity index (χ0) is 35.7. The summed E-state index contributed by atoms with van der Waals surface area (Å²) in [6.07, 6.45) is 4.26. The second kappa shape index (κ2) is 13.4. The first kappa shape index (κ1) is 36.1. The molecule has 0 aromatic heterocycles. The van der Waals surface area contributed by atoms with Crippen LogP contribution in [-0.2, 0) is 39.9 Å². The highest BCUT2D eigenvalue weighted by atomic mass is 32.2. The molecule has 2 amide bonds. The van der Waals surface area contributed by atoms with Crippen molar-refractivity contribution >= 4 is 75.3 Å². The molecule has 48 heavy (non-hydrogen) atoms. The molecule has 4 rings (SSSR count). The zero-order valence-corrected chi connectivity index (χ0v) is 28.1. The maximum atomic E-state index is 12.7. The van der Waals surface area contributed by atoms with Crippen molar-refractivity contribution in [3.8, 4) is 0 Å². The van der Waals surface area contributed by atoms with Crippen LogP contribution in [0.5, 0.6) is 0 Å². The number of rotatable bonds is 10. The summed E-state index contributed by atoms with van der Waals surface area (Å²) in [4.78, 5) is 24.0. The highest BCUT2D eigenvalue weighted by molar-refractivity contribution is 7.91. The molecule has 4 N–H and O–H groups in total. The van der Waals surface area contributed by atoms with Gasteiger partial charge in [0, 0.05) is 35.0 Å². The second-order valence-electron chi connectivity index (χ2n) is 10.3. The van der Waals surface area contributed by atoms with Gasteiger partial charge in [-0.3, -0.25) is 18.7 Å². The number of hydrogen-bond donors (Lipinski definition) is 4. The molecule has 4 aromatic rings. The summed E-state index contributed by atoms with van der Waals surface area (Å²) in [6, 6.07) is 16.8. The molecule has 0 fully saturated rings. The topological polar surface area (TPSA) is 235 Å². The third-order valence-electron chi connectivity index (χ3n) is 6.63. The van der Waals surface area contributed by atoms with E-state index in [4.69, 9.17) is 0 Å². The lowest BCUT2D eigenvalue weighted by molar-refractivity contribution is 0.101. The minimum Gasteiger partial charge on any atom is -0.322 e. The smallest absolute Gasteiger partial charge is 0.295 e. The molecular formula is C30H26N2O12S4. The summed E-state index contributed by atoms with van der Waals surface area (Å²) in [5.74, 6) is -1.42. The predicted molar refractivity (Wildman–Crippen MR) is 176 cm³/mol. The first-order valence-corrected chi connectivity index (χ1v) is 19.9. The van der Waals surface area contributed by atoms with E-state index in [0.717, 1.165) is 36.8 Å². The van der Waals surface area contributed by atoms with E-state index in [1.807, 2.05) is 0 Å². The lowest BCUT2D eigenvalue weighted by Gasteiger charge is -2.11. The van der Waals surface area contributed by atoms with Gasteiger partial charge in [-0.15, -0.1) is 0 Å². The van der Waals surface area contributed by atoms with Crippen LogP contribution in [-0.4, -0.2) is 67.1 Å². The Morgan fingerprint density at radius 3 is 1.10 bits per heavy atom. The first-order valence-electron chi connectivity index (χ1n) is 13.3. The zero-order valence-electron chi connectivity index (χ0n) is 24.8. The summed E-state index contributed by atoms with van der Waals surface area (Å²) in [5, 5.41) is 4.88. The van der Waals surface area contributed by atoms with Crippen molar-refractivity contribution in [3.63, 3.8) is 0 Å². The Hall–Kier alpha value is -4.72. The molecule has 0 radical (unpaired) electrons. The lowest BCUT2D eigenvalue weighted by Crippen LogP contribution is -2.13. The Balaban J connectivity index is 1.60. The molecule has 0 aliphatic heterocycles. The van der Waals surface area contributed by atoms with Crippen molar-refractivity contribution in [2.24, 2.45) is 0 Å². The molecule has 18 heteroatoms. The fourth-order valence-corrected chi connectivity index (χ4v) is 6.92. The summed E-state index contributed by atoms with van der Waals surface area (Å²) in [6.45, 7) is 0. The molecule has 0 saturated heterocycles. The Kier molecular flexibility index (Phi) is 10.1. The molecule has 0 unspecified atom stereocenters. The average Bonchev–Trinajstić information content (AvgIpc) is 2.99. The molecular weight excluding hydrogens is 709 g/mol. The molecule has 252 valence electrons. The fourth-order valence-electron chi connectivity index (χ4n) is 4.24. The molecule has 14 nitrogen and oxygen atoms in total. The van der Waals surface area contributed by atoms with Gasteiger partial charge in [0.1, 0.15) is 9.79 Å². The third-order valence-corrected chi connectivity index (χ3v) is 10.7. The minimum atomic E-state index is -4.90. The van der Waals surface area contributed by atoms with E-state index in [0.29, 0.717) is 0 Å². The van der Waals surface area contributed by atoms with Gasteiger partial charge in [-0.05, 0) is 83.9 Å². The van der Waals surface area contributed by atoms with E-state index < -0.39 is 61.5 Å². The normalized spacial score (nSPS) is 12.5. The standard InChI is InChI=1S/C30H26N2O12S4/c1-45(35,36)25-13-7-21(8-14-25)29(33)31-23-11-5-19(27(17-23)47(39,40)41)3-4-20-6-12-24(18-28(20)48(42,43)44)32-30(34)22-9-15-26(16-10-22)46(2,37)38/h3-18H,1-2H3,(H,31,33)(H,32,34)(H,39,40,41)(H,42,43,44). The van der Waals surface area contributed by atoms with Gasteiger partial charge in [-0.25, -0.2) is 16.8 Å². The van der Waals surface area contributed by atoms with E-state index in [9.17, 15) is 52.4 Å². The molecule has 0 aliphatic carbocycles. The van der Waals surface area contributed by atoms with Crippen LogP contribution in [0.3, 0.4) is 0 Å². The van der Waals surface area contributed by atoms with Gasteiger partial charge in [-0.2, -0.15) is 16.8 Å². The number of nitrogens with one attached hydrogen (secondary N) is 2. The number of sulfone groups is 2. The average molecular weight is 735 g/mol. The fraction of sp³-hybridized carbons (Fsp3) is 0.0667.